The molecule has 0 radical (unpaired) electrons. The molecule has 0 aliphatic heterocycles. The summed E-state index contributed by atoms with van der Waals surface area (Å²) in [6.45, 7) is -0.300. The molecule has 0 bridgehead atoms. The first-order chi connectivity index (χ1) is 13.4. The minimum absolute atomic E-state index is 0.0737. The molecule has 0 fully saturated rings. The Bertz CT molecular complexity index is 808. The summed E-state index contributed by atoms with van der Waals surface area (Å²) in [5.41, 5.74) is 6.76. The number of phenols is 1. The molecule has 2 aromatic carbocycles. The molecule has 0 aromatic heterocycles. The fourth-order valence-corrected chi connectivity index (χ4v) is 2.65. The minimum Gasteiger partial charge on any atom is -0.508 e. The summed E-state index contributed by atoms with van der Waals surface area (Å²) < 4.78 is 0. The Morgan fingerprint density at radius 3 is 2.00 bits per heavy atom. The quantitative estimate of drug-likeness (QED) is 0.417. The molecule has 0 aliphatic rings. The highest BCUT2D eigenvalue weighted by Gasteiger charge is 2.26. The zero-order valence-electron chi connectivity index (χ0n) is 15.2. The van der Waals surface area contributed by atoms with Gasteiger partial charge in [-0.2, -0.15) is 0 Å². The normalized spacial score (nSPS) is 12.6. The maximum absolute atomic E-state index is 12.7. The van der Waals surface area contributed by atoms with E-state index in [-0.39, 0.29) is 25.1 Å². The third-order valence-corrected chi connectivity index (χ3v) is 4.11. The standard InChI is InChI=1S/C20H23N3O5/c21-12-18(25)22-16(10-14-6-8-15(24)9-7-14)19(26)23-17(20(27)28)11-13-4-2-1-3-5-13/h1-9,16-17,24H,10-12,21H2,(H,22,25)(H,23,26)(H,27,28). The van der Waals surface area contributed by atoms with Gasteiger partial charge < -0.3 is 26.6 Å². The predicted molar refractivity (Wildman–Crippen MR) is 103 cm³/mol. The molecule has 2 rings (SSSR count). The Morgan fingerprint density at radius 1 is 0.857 bits per heavy atom. The number of phenolic OH excluding ortho intramolecular Hbond substituents is 1. The van der Waals surface area contributed by atoms with Crippen molar-refractivity contribution in [3.63, 3.8) is 0 Å². The lowest BCUT2D eigenvalue weighted by Crippen LogP contribution is -2.53. The Morgan fingerprint density at radius 2 is 1.43 bits per heavy atom. The molecule has 2 amide bonds. The van der Waals surface area contributed by atoms with Crippen LogP contribution in [0.3, 0.4) is 0 Å². The lowest BCUT2D eigenvalue weighted by molar-refractivity contribution is -0.142. The van der Waals surface area contributed by atoms with E-state index in [1.807, 2.05) is 6.07 Å². The smallest absolute Gasteiger partial charge is 0.326 e. The van der Waals surface area contributed by atoms with Crippen LogP contribution in [0.5, 0.6) is 5.75 Å². The van der Waals surface area contributed by atoms with Crippen molar-refractivity contribution in [2.45, 2.75) is 24.9 Å². The molecule has 0 heterocycles. The van der Waals surface area contributed by atoms with E-state index >= 15 is 0 Å². The lowest BCUT2D eigenvalue weighted by Gasteiger charge is -2.21. The first kappa shape index (κ1) is 20.9. The summed E-state index contributed by atoms with van der Waals surface area (Å²) in [4.78, 5) is 36.0. The van der Waals surface area contributed by atoms with Crippen LogP contribution in [0.1, 0.15) is 11.1 Å². The molecule has 8 heteroatoms. The highest BCUT2D eigenvalue weighted by molar-refractivity contribution is 5.91. The molecule has 0 aliphatic carbocycles. The summed E-state index contributed by atoms with van der Waals surface area (Å²) in [5.74, 6) is -2.26. The molecular formula is C20H23N3O5. The number of aromatic hydroxyl groups is 1. The van der Waals surface area contributed by atoms with Crippen molar-refractivity contribution >= 4 is 17.8 Å². The lowest BCUT2D eigenvalue weighted by atomic mass is 10.0. The van der Waals surface area contributed by atoms with E-state index in [1.54, 1.807) is 36.4 Å². The first-order valence-electron chi connectivity index (χ1n) is 8.73. The second kappa shape index (κ2) is 10.1. The molecule has 8 nitrogen and oxygen atoms in total. The van der Waals surface area contributed by atoms with E-state index in [0.29, 0.717) is 5.56 Å². The maximum Gasteiger partial charge on any atom is 0.326 e. The number of aliphatic carboxylic acids is 1. The van der Waals surface area contributed by atoms with E-state index in [4.69, 9.17) is 5.73 Å². The van der Waals surface area contributed by atoms with Crippen LogP contribution in [0.2, 0.25) is 0 Å². The number of benzene rings is 2. The topological polar surface area (TPSA) is 142 Å². The fraction of sp³-hybridized carbons (Fsp3) is 0.250. The Balaban J connectivity index is 2.13. The molecule has 28 heavy (non-hydrogen) atoms. The second-order valence-electron chi connectivity index (χ2n) is 6.28. The van der Waals surface area contributed by atoms with E-state index < -0.39 is 29.9 Å². The van der Waals surface area contributed by atoms with Crippen LogP contribution < -0.4 is 16.4 Å². The second-order valence-corrected chi connectivity index (χ2v) is 6.28. The zero-order valence-corrected chi connectivity index (χ0v) is 15.2. The van der Waals surface area contributed by atoms with Crippen molar-refractivity contribution in [2.75, 3.05) is 6.54 Å². The van der Waals surface area contributed by atoms with Gasteiger partial charge >= 0.3 is 5.97 Å². The summed E-state index contributed by atoms with van der Waals surface area (Å²) in [5, 5.41) is 23.8. The number of carboxylic acids is 1. The molecule has 2 unspecified atom stereocenters. The van der Waals surface area contributed by atoms with Crippen LogP contribution in [0.4, 0.5) is 0 Å². The van der Waals surface area contributed by atoms with Gasteiger partial charge in [0, 0.05) is 12.8 Å². The summed E-state index contributed by atoms with van der Waals surface area (Å²) in [6, 6.07) is 12.9. The highest BCUT2D eigenvalue weighted by atomic mass is 16.4. The zero-order chi connectivity index (χ0) is 20.5. The molecule has 2 aromatic rings. The third-order valence-electron chi connectivity index (χ3n) is 4.11. The van der Waals surface area contributed by atoms with Gasteiger partial charge in [-0.15, -0.1) is 0 Å². The van der Waals surface area contributed by atoms with Crippen molar-refractivity contribution in [3.8, 4) is 5.75 Å². The molecule has 148 valence electrons. The van der Waals surface area contributed by atoms with Gasteiger partial charge in [0.25, 0.3) is 0 Å². The molecule has 0 saturated heterocycles. The Hall–Kier alpha value is -3.39. The summed E-state index contributed by atoms with van der Waals surface area (Å²) >= 11 is 0. The first-order valence-corrected chi connectivity index (χ1v) is 8.73. The molecule has 6 N–H and O–H groups in total. The molecule has 0 spiro atoms. The van der Waals surface area contributed by atoms with Crippen LogP contribution in [0.25, 0.3) is 0 Å². The number of carbonyl (C=O) groups excluding carboxylic acids is 2. The van der Waals surface area contributed by atoms with Crippen molar-refractivity contribution in [1.82, 2.24) is 10.6 Å². The number of amides is 2. The van der Waals surface area contributed by atoms with E-state index in [0.717, 1.165) is 5.56 Å². The van der Waals surface area contributed by atoms with Gasteiger partial charge in [-0.3, -0.25) is 9.59 Å². The summed E-state index contributed by atoms with van der Waals surface area (Å²) in [6.07, 6.45) is 0.230. The van der Waals surface area contributed by atoms with Crippen LogP contribution in [0.15, 0.2) is 54.6 Å². The SMILES string of the molecule is NCC(=O)NC(Cc1ccc(O)cc1)C(=O)NC(Cc1ccccc1)C(=O)O. The molecule has 0 saturated carbocycles. The van der Waals surface area contributed by atoms with Crippen molar-refractivity contribution in [2.24, 2.45) is 5.73 Å². The van der Waals surface area contributed by atoms with Gasteiger partial charge in [-0.25, -0.2) is 4.79 Å². The number of nitrogens with one attached hydrogen (secondary N) is 2. The molecular weight excluding hydrogens is 362 g/mol. The fourth-order valence-electron chi connectivity index (χ4n) is 2.65. The van der Waals surface area contributed by atoms with Crippen molar-refractivity contribution < 1.29 is 24.6 Å². The van der Waals surface area contributed by atoms with E-state index in [2.05, 4.69) is 10.6 Å². The number of nitrogens with two attached hydrogens (primary N) is 1. The summed E-state index contributed by atoms with van der Waals surface area (Å²) in [7, 11) is 0. The van der Waals surface area contributed by atoms with Gasteiger partial charge in [0.05, 0.1) is 6.54 Å². The van der Waals surface area contributed by atoms with Crippen molar-refractivity contribution in [3.05, 3.63) is 65.7 Å². The van der Waals surface area contributed by atoms with Gasteiger partial charge in [0.1, 0.15) is 17.8 Å². The largest absolute Gasteiger partial charge is 0.508 e. The van der Waals surface area contributed by atoms with E-state index in [1.165, 1.54) is 12.1 Å². The Kier molecular flexibility index (Phi) is 7.53. The molecule has 2 atom stereocenters. The van der Waals surface area contributed by atoms with Gasteiger partial charge in [-0.1, -0.05) is 42.5 Å². The number of hydrogen-bond acceptors (Lipinski definition) is 5. The van der Waals surface area contributed by atoms with Gasteiger partial charge in [-0.05, 0) is 23.3 Å². The number of hydrogen-bond donors (Lipinski definition) is 5. The Labute approximate surface area is 162 Å². The minimum atomic E-state index is -1.18. The van der Waals surface area contributed by atoms with Crippen LogP contribution in [0, 0.1) is 0 Å². The van der Waals surface area contributed by atoms with Crippen LogP contribution >= 0.6 is 0 Å². The average molecular weight is 385 g/mol. The van der Waals surface area contributed by atoms with Crippen molar-refractivity contribution in [1.29, 1.82) is 0 Å². The third kappa shape index (κ3) is 6.40. The number of carbonyl (C=O) groups is 3. The van der Waals surface area contributed by atoms with Crippen LogP contribution in [-0.4, -0.2) is 46.6 Å². The monoisotopic (exact) mass is 385 g/mol. The predicted octanol–water partition coefficient (Wildman–Crippen LogP) is 0.190. The van der Waals surface area contributed by atoms with Gasteiger partial charge in [0.15, 0.2) is 0 Å². The number of carboxylic acid groups (broad SMARTS) is 1. The number of rotatable bonds is 9. The van der Waals surface area contributed by atoms with Gasteiger partial charge in [0.2, 0.25) is 11.8 Å². The highest BCUT2D eigenvalue weighted by Crippen LogP contribution is 2.12. The van der Waals surface area contributed by atoms with Crippen LogP contribution in [-0.2, 0) is 27.2 Å². The van der Waals surface area contributed by atoms with E-state index in [9.17, 15) is 24.6 Å². The average Bonchev–Trinajstić information content (AvgIpc) is 2.69. The maximum atomic E-state index is 12.7.